The van der Waals surface area contributed by atoms with Gasteiger partial charge in [-0.1, -0.05) is 17.4 Å². The van der Waals surface area contributed by atoms with E-state index in [0.29, 0.717) is 17.1 Å². The number of nitrogen functional groups attached to an aromatic ring is 1. The van der Waals surface area contributed by atoms with E-state index in [1.54, 1.807) is 11.3 Å². The molecule has 0 unspecified atom stereocenters. The number of nitrogens with zero attached hydrogens (tertiary/aromatic N) is 1. The molecule has 0 saturated heterocycles. The number of thiazole rings is 1. The molecule has 90 valence electrons. The van der Waals surface area contributed by atoms with E-state index in [4.69, 9.17) is 11.5 Å². The first-order valence-corrected chi connectivity index (χ1v) is 6.95. The van der Waals surface area contributed by atoms with Crippen molar-refractivity contribution in [2.45, 2.75) is 37.6 Å². The Kier molecular flexibility index (Phi) is 2.76. The molecule has 4 heteroatoms. The zero-order valence-electron chi connectivity index (χ0n) is 9.73. The molecule has 2 aromatic rings. The van der Waals surface area contributed by atoms with Gasteiger partial charge in [0.15, 0.2) is 5.13 Å². The fourth-order valence-electron chi connectivity index (χ4n) is 2.67. The first-order chi connectivity index (χ1) is 8.22. The molecular formula is C13H17N3S. The molecule has 1 aromatic carbocycles. The molecule has 1 saturated carbocycles. The van der Waals surface area contributed by atoms with Gasteiger partial charge < -0.3 is 11.5 Å². The van der Waals surface area contributed by atoms with Gasteiger partial charge in [-0.25, -0.2) is 4.98 Å². The molecule has 3 rings (SSSR count). The van der Waals surface area contributed by atoms with Gasteiger partial charge in [0.1, 0.15) is 0 Å². The van der Waals surface area contributed by atoms with Crippen LogP contribution in [0, 0.1) is 0 Å². The summed E-state index contributed by atoms with van der Waals surface area (Å²) in [5.41, 5.74) is 14.1. The maximum Gasteiger partial charge on any atom is 0.181 e. The molecule has 1 fully saturated rings. The van der Waals surface area contributed by atoms with Gasteiger partial charge >= 0.3 is 0 Å². The minimum Gasteiger partial charge on any atom is -0.375 e. The third kappa shape index (κ3) is 2.15. The van der Waals surface area contributed by atoms with Crippen LogP contribution >= 0.6 is 11.3 Å². The van der Waals surface area contributed by atoms with Crippen molar-refractivity contribution >= 4 is 26.7 Å². The van der Waals surface area contributed by atoms with Gasteiger partial charge in [0, 0.05) is 6.04 Å². The maximum atomic E-state index is 5.94. The van der Waals surface area contributed by atoms with Gasteiger partial charge in [-0.2, -0.15) is 0 Å². The summed E-state index contributed by atoms with van der Waals surface area (Å²) < 4.78 is 1.20. The topological polar surface area (TPSA) is 64.9 Å². The number of hydrogen-bond acceptors (Lipinski definition) is 4. The molecule has 0 atom stereocenters. The summed E-state index contributed by atoms with van der Waals surface area (Å²) in [6.45, 7) is 0. The van der Waals surface area contributed by atoms with Crippen LogP contribution in [-0.2, 0) is 0 Å². The van der Waals surface area contributed by atoms with Crippen LogP contribution in [0.1, 0.15) is 37.2 Å². The minimum absolute atomic E-state index is 0.411. The van der Waals surface area contributed by atoms with Gasteiger partial charge in [0.05, 0.1) is 10.2 Å². The number of benzene rings is 1. The number of hydrogen-bond donors (Lipinski definition) is 2. The lowest BCUT2D eigenvalue weighted by atomic mass is 9.82. The quantitative estimate of drug-likeness (QED) is 0.814. The van der Waals surface area contributed by atoms with Crippen molar-refractivity contribution in [3.63, 3.8) is 0 Å². The Morgan fingerprint density at radius 1 is 1.18 bits per heavy atom. The Labute approximate surface area is 105 Å². The lowest BCUT2D eigenvalue weighted by Gasteiger charge is -2.26. The van der Waals surface area contributed by atoms with Gasteiger partial charge in [-0.15, -0.1) is 0 Å². The number of nitrogens with two attached hydrogens (primary N) is 2. The van der Waals surface area contributed by atoms with Gasteiger partial charge in [0.2, 0.25) is 0 Å². The Morgan fingerprint density at radius 2 is 1.94 bits per heavy atom. The van der Waals surface area contributed by atoms with Crippen molar-refractivity contribution in [2.24, 2.45) is 5.73 Å². The van der Waals surface area contributed by atoms with Crippen molar-refractivity contribution in [3.8, 4) is 0 Å². The Hall–Kier alpha value is -1.13. The monoisotopic (exact) mass is 247 g/mol. The van der Waals surface area contributed by atoms with E-state index < -0.39 is 0 Å². The SMILES string of the molecule is Nc1nc2ccc(C3CCC(N)CC3)cc2s1. The normalized spacial score (nSPS) is 25.2. The molecule has 0 aliphatic heterocycles. The molecule has 0 spiro atoms. The lowest BCUT2D eigenvalue weighted by molar-refractivity contribution is 0.396. The highest BCUT2D eigenvalue weighted by Crippen LogP contribution is 2.35. The van der Waals surface area contributed by atoms with Crippen molar-refractivity contribution in [1.82, 2.24) is 4.98 Å². The average molecular weight is 247 g/mol. The van der Waals surface area contributed by atoms with Crippen LogP contribution in [0.2, 0.25) is 0 Å². The predicted molar refractivity (Wildman–Crippen MR) is 73.2 cm³/mol. The first kappa shape index (κ1) is 11.0. The zero-order chi connectivity index (χ0) is 11.8. The van der Waals surface area contributed by atoms with Gasteiger partial charge in [-0.05, 0) is 49.3 Å². The molecular weight excluding hydrogens is 230 g/mol. The van der Waals surface area contributed by atoms with Crippen LogP contribution in [-0.4, -0.2) is 11.0 Å². The van der Waals surface area contributed by atoms with Crippen LogP contribution in [0.4, 0.5) is 5.13 Å². The van der Waals surface area contributed by atoms with Crippen LogP contribution in [0.15, 0.2) is 18.2 Å². The highest BCUT2D eigenvalue weighted by molar-refractivity contribution is 7.22. The van der Waals surface area contributed by atoms with E-state index in [0.717, 1.165) is 18.4 Å². The Morgan fingerprint density at radius 3 is 2.71 bits per heavy atom. The van der Waals surface area contributed by atoms with Crippen molar-refractivity contribution < 1.29 is 0 Å². The molecule has 0 bridgehead atoms. The summed E-state index contributed by atoms with van der Waals surface area (Å²) in [5.74, 6) is 0.669. The Balaban J connectivity index is 1.89. The van der Waals surface area contributed by atoms with E-state index in [1.807, 2.05) is 0 Å². The van der Waals surface area contributed by atoms with E-state index in [9.17, 15) is 0 Å². The van der Waals surface area contributed by atoms with Crippen LogP contribution in [0.3, 0.4) is 0 Å². The van der Waals surface area contributed by atoms with Crippen LogP contribution in [0.25, 0.3) is 10.2 Å². The fraction of sp³-hybridized carbons (Fsp3) is 0.462. The van der Waals surface area contributed by atoms with Crippen molar-refractivity contribution in [1.29, 1.82) is 0 Å². The third-order valence-electron chi connectivity index (χ3n) is 3.67. The first-order valence-electron chi connectivity index (χ1n) is 6.14. The molecule has 3 nitrogen and oxygen atoms in total. The average Bonchev–Trinajstić information content (AvgIpc) is 2.69. The molecule has 1 aliphatic rings. The number of fused-ring (bicyclic) bond motifs is 1. The number of aromatic nitrogens is 1. The largest absolute Gasteiger partial charge is 0.375 e. The van der Waals surface area contributed by atoms with E-state index >= 15 is 0 Å². The molecule has 17 heavy (non-hydrogen) atoms. The summed E-state index contributed by atoms with van der Waals surface area (Å²) >= 11 is 1.57. The number of rotatable bonds is 1. The van der Waals surface area contributed by atoms with Crippen molar-refractivity contribution in [2.75, 3.05) is 5.73 Å². The second kappa shape index (κ2) is 4.27. The van der Waals surface area contributed by atoms with Crippen LogP contribution < -0.4 is 11.5 Å². The zero-order valence-corrected chi connectivity index (χ0v) is 10.5. The van der Waals surface area contributed by atoms with Crippen LogP contribution in [0.5, 0.6) is 0 Å². The lowest BCUT2D eigenvalue weighted by Crippen LogP contribution is -2.25. The highest BCUT2D eigenvalue weighted by Gasteiger charge is 2.20. The summed E-state index contributed by atoms with van der Waals surface area (Å²) in [7, 11) is 0. The summed E-state index contributed by atoms with van der Waals surface area (Å²) in [5, 5.41) is 0.655. The smallest absolute Gasteiger partial charge is 0.181 e. The summed E-state index contributed by atoms with van der Waals surface area (Å²) in [4.78, 5) is 4.29. The molecule has 0 amide bonds. The summed E-state index contributed by atoms with van der Waals surface area (Å²) in [6, 6.07) is 6.95. The summed E-state index contributed by atoms with van der Waals surface area (Å²) in [6.07, 6.45) is 4.71. The second-order valence-corrected chi connectivity index (χ2v) is 5.95. The molecule has 1 aromatic heterocycles. The molecule has 0 radical (unpaired) electrons. The van der Waals surface area contributed by atoms with Crippen molar-refractivity contribution in [3.05, 3.63) is 23.8 Å². The van der Waals surface area contributed by atoms with E-state index in [-0.39, 0.29) is 0 Å². The molecule has 1 aliphatic carbocycles. The predicted octanol–water partition coefficient (Wildman–Crippen LogP) is 2.86. The van der Waals surface area contributed by atoms with Gasteiger partial charge in [0.25, 0.3) is 0 Å². The standard InChI is InChI=1S/C13H17N3S/c14-10-4-1-8(2-5-10)9-3-6-11-12(7-9)17-13(15)16-11/h3,6-8,10H,1-2,4-5,14H2,(H2,15,16). The van der Waals surface area contributed by atoms with E-state index in [2.05, 4.69) is 23.2 Å². The fourth-order valence-corrected chi connectivity index (χ4v) is 3.45. The maximum absolute atomic E-state index is 5.94. The van der Waals surface area contributed by atoms with Gasteiger partial charge in [-0.3, -0.25) is 0 Å². The number of anilines is 1. The molecule has 4 N–H and O–H groups in total. The third-order valence-corrected chi connectivity index (χ3v) is 4.52. The Bertz CT molecular complexity index is 526. The highest BCUT2D eigenvalue weighted by atomic mass is 32.1. The molecule has 1 heterocycles. The minimum atomic E-state index is 0.411. The second-order valence-electron chi connectivity index (χ2n) is 4.89. The van der Waals surface area contributed by atoms with E-state index in [1.165, 1.54) is 23.1 Å².